The van der Waals surface area contributed by atoms with Gasteiger partial charge in [0, 0.05) is 11.5 Å². The van der Waals surface area contributed by atoms with E-state index in [1.165, 1.54) is 5.56 Å². The van der Waals surface area contributed by atoms with E-state index in [0.717, 1.165) is 0 Å². The van der Waals surface area contributed by atoms with E-state index in [4.69, 9.17) is 5.73 Å². The molecule has 70 valence electrons. The molecule has 1 amide bonds. The molecule has 1 aliphatic carbocycles. The number of amides is 1. The van der Waals surface area contributed by atoms with Crippen molar-refractivity contribution in [3.05, 3.63) is 59.7 Å². The third-order valence-electron chi connectivity index (χ3n) is 2.33. The minimum Gasteiger partial charge on any atom is -0.366 e. The zero-order valence-corrected chi connectivity index (χ0v) is 7.68. The average Bonchev–Trinajstić information content (AvgIpc) is 2.71. The molecule has 0 spiro atoms. The van der Waals surface area contributed by atoms with Crippen LogP contribution in [0.3, 0.4) is 0 Å². The zero-order valence-electron chi connectivity index (χ0n) is 7.68. The maximum Gasteiger partial charge on any atom is 0.248 e. The predicted octanol–water partition coefficient (Wildman–Crippen LogP) is 2.00. The van der Waals surface area contributed by atoms with Crippen molar-refractivity contribution >= 4 is 5.91 Å². The molecule has 0 heterocycles. The summed E-state index contributed by atoms with van der Waals surface area (Å²) in [7, 11) is 0. The van der Waals surface area contributed by atoms with Gasteiger partial charge in [0.05, 0.1) is 0 Å². The van der Waals surface area contributed by atoms with Crippen molar-refractivity contribution in [3.63, 3.8) is 0 Å². The fourth-order valence-corrected chi connectivity index (χ4v) is 1.52. The van der Waals surface area contributed by atoms with Crippen molar-refractivity contribution < 1.29 is 4.79 Å². The van der Waals surface area contributed by atoms with Gasteiger partial charge in [-0.15, -0.1) is 0 Å². The number of rotatable bonds is 2. The summed E-state index contributed by atoms with van der Waals surface area (Å²) in [6.07, 6.45) is 8.26. The Morgan fingerprint density at radius 2 is 1.64 bits per heavy atom. The van der Waals surface area contributed by atoms with Crippen LogP contribution < -0.4 is 5.73 Å². The summed E-state index contributed by atoms with van der Waals surface area (Å²) in [5, 5.41) is 0. The highest BCUT2D eigenvalue weighted by molar-refractivity contribution is 5.92. The lowest BCUT2D eigenvalue weighted by Crippen LogP contribution is -2.10. The molecule has 2 rings (SSSR count). The van der Waals surface area contributed by atoms with Gasteiger partial charge in [0.1, 0.15) is 0 Å². The maximum atomic E-state index is 10.8. The van der Waals surface area contributed by atoms with Crippen LogP contribution in [0.25, 0.3) is 0 Å². The van der Waals surface area contributed by atoms with E-state index in [9.17, 15) is 4.79 Å². The Morgan fingerprint density at radius 3 is 2.14 bits per heavy atom. The van der Waals surface area contributed by atoms with E-state index in [2.05, 4.69) is 12.2 Å². The average molecular weight is 185 g/mol. The Hall–Kier alpha value is -1.83. The molecule has 14 heavy (non-hydrogen) atoms. The number of nitrogens with two attached hydrogens (primary N) is 1. The quantitative estimate of drug-likeness (QED) is 0.752. The first kappa shape index (κ1) is 8.75. The van der Waals surface area contributed by atoms with Gasteiger partial charge in [-0.3, -0.25) is 4.79 Å². The summed E-state index contributed by atoms with van der Waals surface area (Å²) in [5.74, 6) is -0.0361. The highest BCUT2D eigenvalue weighted by Crippen LogP contribution is 2.22. The molecule has 0 aromatic heterocycles. The number of carbonyl (C=O) groups excluding carboxylic acids is 1. The van der Waals surface area contributed by atoms with Gasteiger partial charge >= 0.3 is 0 Å². The summed E-state index contributed by atoms with van der Waals surface area (Å²) in [6.45, 7) is 0. The maximum absolute atomic E-state index is 10.8. The number of carbonyl (C=O) groups is 1. The number of allylic oxidation sites excluding steroid dienone is 4. The van der Waals surface area contributed by atoms with Crippen LogP contribution in [0.4, 0.5) is 0 Å². The first-order chi connectivity index (χ1) is 6.77. The van der Waals surface area contributed by atoms with Crippen LogP contribution in [0.5, 0.6) is 0 Å². The molecule has 1 aliphatic rings. The number of benzene rings is 1. The molecular weight excluding hydrogens is 174 g/mol. The Morgan fingerprint density at radius 1 is 1.07 bits per heavy atom. The monoisotopic (exact) mass is 185 g/mol. The van der Waals surface area contributed by atoms with Gasteiger partial charge in [-0.25, -0.2) is 0 Å². The first-order valence-corrected chi connectivity index (χ1v) is 4.52. The molecular formula is C12H11NO. The van der Waals surface area contributed by atoms with Gasteiger partial charge in [-0.05, 0) is 17.7 Å². The van der Waals surface area contributed by atoms with Crippen molar-refractivity contribution in [2.75, 3.05) is 0 Å². The zero-order chi connectivity index (χ0) is 9.97. The molecule has 2 nitrogen and oxygen atoms in total. The summed E-state index contributed by atoms with van der Waals surface area (Å²) in [6, 6.07) is 7.39. The summed E-state index contributed by atoms with van der Waals surface area (Å²) < 4.78 is 0. The van der Waals surface area contributed by atoms with Gasteiger partial charge in [0.15, 0.2) is 0 Å². The van der Waals surface area contributed by atoms with Gasteiger partial charge in [0.2, 0.25) is 5.91 Å². The Labute approximate surface area is 82.7 Å². The van der Waals surface area contributed by atoms with Gasteiger partial charge in [-0.2, -0.15) is 0 Å². The van der Waals surface area contributed by atoms with E-state index in [-0.39, 0.29) is 5.91 Å². The van der Waals surface area contributed by atoms with Crippen molar-refractivity contribution in [1.82, 2.24) is 0 Å². The highest BCUT2D eigenvalue weighted by Gasteiger charge is 2.07. The predicted molar refractivity (Wildman–Crippen MR) is 56.0 cm³/mol. The lowest BCUT2D eigenvalue weighted by atomic mass is 9.99. The molecule has 0 saturated heterocycles. The molecule has 0 atom stereocenters. The first-order valence-electron chi connectivity index (χ1n) is 4.52. The number of primary amides is 1. The molecule has 0 bridgehead atoms. The standard InChI is InChI=1S/C12H11NO/c13-12(14)11-7-5-10(6-8-11)9-3-1-2-4-9/h1-9H,(H2,13,14). The van der Waals surface area contributed by atoms with Crippen LogP contribution in [0.15, 0.2) is 48.6 Å². The summed E-state index contributed by atoms with van der Waals surface area (Å²) in [4.78, 5) is 10.8. The topological polar surface area (TPSA) is 43.1 Å². The third-order valence-corrected chi connectivity index (χ3v) is 2.33. The van der Waals surface area contributed by atoms with E-state index in [0.29, 0.717) is 11.5 Å². The van der Waals surface area contributed by atoms with Crippen molar-refractivity contribution in [1.29, 1.82) is 0 Å². The van der Waals surface area contributed by atoms with Crippen LogP contribution in [0, 0.1) is 0 Å². The Balaban J connectivity index is 2.25. The van der Waals surface area contributed by atoms with Crippen molar-refractivity contribution in [2.45, 2.75) is 5.92 Å². The lowest BCUT2D eigenvalue weighted by molar-refractivity contribution is 0.100. The van der Waals surface area contributed by atoms with E-state index in [1.54, 1.807) is 12.1 Å². The third kappa shape index (κ3) is 1.59. The summed E-state index contributed by atoms with van der Waals surface area (Å²) in [5.41, 5.74) is 6.89. The smallest absolute Gasteiger partial charge is 0.248 e. The molecule has 0 unspecified atom stereocenters. The van der Waals surface area contributed by atoms with E-state index < -0.39 is 0 Å². The van der Waals surface area contributed by atoms with E-state index >= 15 is 0 Å². The number of hydrogen-bond donors (Lipinski definition) is 1. The molecule has 2 N–H and O–H groups in total. The SMILES string of the molecule is NC(=O)c1ccc(C2C=CC=C2)cc1. The fourth-order valence-electron chi connectivity index (χ4n) is 1.52. The molecule has 0 radical (unpaired) electrons. The molecule has 1 aromatic carbocycles. The minimum absolute atomic E-state index is 0.344. The van der Waals surface area contributed by atoms with Crippen LogP contribution in [-0.2, 0) is 0 Å². The van der Waals surface area contributed by atoms with Gasteiger partial charge in [-0.1, -0.05) is 36.4 Å². The van der Waals surface area contributed by atoms with Crippen molar-refractivity contribution in [3.8, 4) is 0 Å². The molecule has 2 heteroatoms. The minimum atomic E-state index is -0.381. The molecule has 1 aromatic rings. The van der Waals surface area contributed by atoms with Crippen LogP contribution >= 0.6 is 0 Å². The fraction of sp³-hybridized carbons (Fsp3) is 0.0833. The largest absolute Gasteiger partial charge is 0.366 e. The van der Waals surface area contributed by atoms with Crippen LogP contribution in [0.2, 0.25) is 0 Å². The van der Waals surface area contributed by atoms with Gasteiger partial charge in [0.25, 0.3) is 0 Å². The van der Waals surface area contributed by atoms with Crippen LogP contribution in [0.1, 0.15) is 21.8 Å². The second kappa shape index (κ2) is 3.50. The second-order valence-electron chi connectivity index (χ2n) is 3.28. The normalized spacial score (nSPS) is 14.9. The molecule has 0 saturated carbocycles. The molecule has 0 fully saturated rings. The Bertz CT molecular complexity index is 389. The number of hydrogen-bond acceptors (Lipinski definition) is 1. The highest BCUT2D eigenvalue weighted by atomic mass is 16.1. The Kier molecular flexibility index (Phi) is 2.19. The summed E-state index contributed by atoms with van der Waals surface area (Å²) >= 11 is 0. The van der Waals surface area contributed by atoms with E-state index in [1.807, 2.05) is 24.3 Å². The second-order valence-corrected chi connectivity index (χ2v) is 3.28. The lowest BCUT2D eigenvalue weighted by Gasteiger charge is -2.05. The van der Waals surface area contributed by atoms with Crippen molar-refractivity contribution in [2.24, 2.45) is 5.73 Å². The molecule has 0 aliphatic heterocycles. The van der Waals surface area contributed by atoms with Crippen LogP contribution in [-0.4, -0.2) is 5.91 Å². The van der Waals surface area contributed by atoms with Gasteiger partial charge < -0.3 is 5.73 Å².